The third-order valence-corrected chi connectivity index (χ3v) is 4.07. The summed E-state index contributed by atoms with van der Waals surface area (Å²) in [7, 11) is 0. The van der Waals surface area contributed by atoms with Gasteiger partial charge in [-0.15, -0.1) is 12.4 Å². The van der Waals surface area contributed by atoms with Crippen LogP contribution < -0.4 is 10.6 Å². The van der Waals surface area contributed by atoms with Crippen molar-refractivity contribution in [1.82, 2.24) is 20.8 Å². The van der Waals surface area contributed by atoms with Crippen molar-refractivity contribution < 1.29 is 13.6 Å². The van der Waals surface area contributed by atoms with Gasteiger partial charge >= 0.3 is 0 Å². The molecule has 1 aromatic carbocycles. The molecule has 1 unspecified atom stereocenters. The molecule has 0 spiro atoms. The highest BCUT2D eigenvalue weighted by atomic mass is 35.5. The number of nitrogens with one attached hydrogen (secondary N) is 3. The van der Waals surface area contributed by atoms with Crippen molar-refractivity contribution in [3.8, 4) is 0 Å². The highest BCUT2D eigenvalue weighted by Gasteiger charge is 2.24. The molecule has 1 aliphatic heterocycles. The minimum absolute atomic E-state index is 0. The number of halogens is 3. The van der Waals surface area contributed by atoms with E-state index in [2.05, 4.69) is 20.8 Å². The number of H-pyrrole nitrogens is 1. The Hall–Kier alpha value is -1.99. The van der Waals surface area contributed by atoms with Gasteiger partial charge in [-0.05, 0) is 12.5 Å². The fraction of sp³-hybridized carbons (Fsp3) is 0.375. The van der Waals surface area contributed by atoms with Gasteiger partial charge in [0.2, 0.25) is 0 Å². The van der Waals surface area contributed by atoms with Crippen molar-refractivity contribution in [1.29, 1.82) is 0 Å². The number of benzene rings is 1. The predicted molar refractivity (Wildman–Crippen MR) is 88.1 cm³/mol. The lowest BCUT2D eigenvalue weighted by Crippen LogP contribution is -2.31. The Morgan fingerprint density at radius 1 is 1.42 bits per heavy atom. The molecule has 3 rings (SSSR count). The van der Waals surface area contributed by atoms with Gasteiger partial charge in [-0.2, -0.15) is 5.10 Å². The molecule has 0 saturated carbocycles. The summed E-state index contributed by atoms with van der Waals surface area (Å²) in [6.45, 7) is 3.25. The van der Waals surface area contributed by atoms with Gasteiger partial charge in [-0.25, -0.2) is 8.78 Å². The lowest BCUT2D eigenvalue weighted by Gasteiger charge is -2.18. The summed E-state index contributed by atoms with van der Waals surface area (Å²) >= 11 is 0. The first-order valence-corrected chi connectivity index (χ1v) is 7.62. The zero-order chi connectivity index (χ0) is 16.4. The van der Waals surface area contributed by atoms with Crippen LogP contribution in [-0.4, -0.2) is 22.6 Å². The normalized spacial score (nSPS) is 14.5. The van der Waals surface area contributed by atoms with Crippen LogP contribution in [0, 0.1) is 11.6 Å². The maximum absolute atomic E-state index is 13.9. The number of fused-ring (bicyclic) bond motifs is 1. The van der Waals surface area contributed by atoms with E-state index in [4.69, 9.17) is 0 Å². The standard InChI is InChI=1S/C16H18F2N4O.ClH/c1-2-13(10-4-3-9(17)7-12(10)18)20-16(23)15-11-8-19-6-5-14(11)21-22-15;/h3-4,7,13,19H,2,5-6,8H2,1H3,(H,20,23)(H,21,22);1H. The first-order chi connectivity index (χ1) is 11.1. The van der Waals surface area contributed by atoms with Crippen LogP contribution in [0.2, 0.25) is 0 Å². The Balaban J connectivity index is 0.00000208. The lowest BCUT2D eigenvalue weighted by atomic mass is 10.0. The fourth-order valence-corrected chi connectivity index (χ4v) is 2.82. The summed E-state index contributed by atoms with van der Waals surface area (Å²) in [5.74, 6) is -1.66. The second kappa shape index (κ2) is 7.72. The molecule has 1 aromatic heterocycles. The molecule has 0 radical (unpaired) electrons. The van der Waals surface area contributed by atoms with Crippen molar-refractivity contribution in [2.24, 2.45) is 0 Å². The van der Waals surface area contributed by atoms with E-state index in [0.717, 1.165) is 30.3 Å². The quantitative estimate of drug-likeness (QED) is 0.788. The molecule has 0 fully saturated rings. The van der Waals surface area contributed by atoms with Crippen LogP contribution in [0.3, 0.4) is 0 Å². The van der Waals surface area contributed by atoms with Crippen molar-refractivity contribution in [2.45, 2.75) is 32.4 Å². The number of carbonyl (C=O) groups excluding carboxylic acids is 1. The zero-order valence-corrected chi connectivity index (χ0v) is 14.0. The minimum Gasteiger partial charge on any atom is -0.344 e. The van der Waals surface area contributed by atoms with Crippen LogP contribution >= 0.6 is 12.4 Å². The Bertz CT molecular complexity index is 735. The van der Waals surface area contributed by atoms with E-state index in [1.807, 2.05) is 6.92 Å². The number of rotatable bonds is 4. The number of nitrogens with zero attached hydrogens (tertiary/aromatic N) is 1. The number of hydrogen-bond acceptors (Lipinski definition) is 3. The minimum atomic E-state index is -0.664. The summed E-state index contributed by atoms with van der Waals surface area (Å²) in [6.07, 6.45) is 1.28. The summed E-state index contributed by atoms with van der Waals surface area (Å²) in [5, 5.41) is 12.9. The van der Waals surface area contributed by atoms with Gasteiger partial charge in [0.25, 0.3) is 5.91 Å². The molecule has 3 N–H and O–H groups in total. The second-order valence-electron chi connectivity index (χ2n) is 5.56. The SMILES string of the molecule is CCC(NC(=O)c1n[nH]c2c1CNCC2)c1ccc(F)cc1F.Cl. The topological polar surface area (TPSA) is 69.8 Å². The van der Waals surface area contributed by atoms with Crippen LogP contribution in [0.25, 0.3) is 0 Å². The molecule has 0 aliphatic carbocycles. The van der Waals surface area contributed by atoms with Crippen molar-refractivity contribution >= 4 is 18.3 Å². The zero-order valence-electron chi connectivity index (χ0n) is 13.2. The van der Waals surface area contributed by atoms with E-state index in [0.29, 0.717) is 18.7 Å². The Kier molecular flexibility index (Phi) is 5.90. The van der Waals surface area contributed by atoms with Crippen molar-refractivity contribution in [3.63, 3.8) is 0 Å². The highest BCUT2D eigenvalue weighted by molar-refractivity contribution is 5.94. The van der Waals surface area contributed by atoms with E-state index in [1.165, 1.54) is 12.1 Å². The van der Waals surface area contributed by atoms with Crippen LogP contribution in [0.4, 0.5) is 8.78 Å². The van der Waals surface area contributed by atoms with E-state index >= 15 is 0 Å². The van der Waals surface area contributed by atoms with Gasteiger partial charge in [-0.1, -0.05) is 13.0 Å². The van der Waals surface area contributed by atoms with Crippen LogP contribution in [0.15, 0.2) is 18.2 Å². The average molecular weight is 357 g/mol. The smallest absolute Gasteiger partial charge is 0.272 e. The second-order valence-corrected chi connectivity index (χ2v) is 5.56. The summed E-state index contributed by atoms with van der Waals surface area (Å²) < 4.78 is 27.0. The van der Waals surface area contributed by atoms with E-state index in [9.17, 15) is 13.6 Å². The summed E-state index contributed by atoms with van der Waals surface area (Å²) in [4.78, 5) is 12.5. The molecule has 0 bridgehead atoms. The number of aromatic nitrogens is 2. The largest absolute Gasteiger partial charge is 0.344 e. The predicted octanol–water partition coefficient (Wildman–Crippen LogP) is 2.64. The van der Waals surface area contributed by atoms with Crippen molar-refractivity contribution in [2.75, 3.05) is 6.54 Å². The number of carbonyl (C=O) groups is 1. The van der Waals surface area contributed by atoms with Gasteiger partial charge in [0.1, 0.15) is 11.6 Å². The van der Waals surface area contributed by atoms with Gasteiger partial charge in [0.05, 0.1) is 6.04 Å². The molecule has 130 valence electrons. The molecular formula is C16H19ClF2N4O. The fourth-order valence-electron chi connectivity index (χ4n) is 2.82. The Morgan fingerprint density at radius 2 is 2.21 bits per heavy atom. The molecule has 0 saturated heterocycles. The maximum atomic E-state index is 13.9. The van der Waals surface area contributed by atoms with E-state index < -0.39 is 17.7 Å². The summed E-state index contributed by atoms with van der Waals surface area (Å²) in [5.41, 5.74) is 2.40. The third kappa shape index (κ3) is 3.57. The van der Waals surface area contributed by atoms with Gasteiger partial charge in [0, 0.05) is 42.4 Å². The molecular weight excluding hydrogens is 338 g/mol. The highest BCUT2D eigenvalue weighted by Crippen LogP contribution is 2.22. The summed E-state index contributed by atoms with van der Waals surface area (Å²) in [6, 6.07) is 2.84. The average Bonchev–Trinajstić information content (AvgIpc) is 2.97. The lowest BCUT2D eigenvalue weighted by molar-refractivity contribution is 0.0928. The van der Waals surface area contributed by atoms with Gasteiger partial charge in [-0.3, -0.25) is 9.89 Å². The molecule has 2 heterocycles. The van der Waals surface area contributed by atoms with Gasteiger partial charge in [0.15, 0.2) is 5.69 Å². The first kappa shape index (κ1) is 18.4. The van der Waals surface area contributed by atoms with Crippen LogP contribution in [0.1, 0.15) is 46.7 Å². The Morgan fingerprint density at radius 3 is 2.92 bits per heavy atom. The number of hydrogen-bond donors (Lipinski definition) is 3. The van der Waals surface area contributed by atoms with E-state index in [1.54, 1.807) is 0 Å². The van der Waals surface area contributed by atoms with Crippen LogP contribution in [0.5, 0.6) is 0 Å². The first-order valence-electron chi connectivity index (χ1n) is 7.62. The molecule has 2 aromatic rings. The van der Waals surface area contributed by atoms with E-state index in [-0.39, 0.29) is 23.9 Å². The van der Waals surface area contributed by atoms with Crippen LogP contribution in [-0.2, 0) is 13.0 Å². The molecule has 1 aliphatic rings. The number of aromatic amines is 1. The molecule has 5 nitrogen and oxygen atoms in total. The maximum Gasteiger partial charge on any atom is 0.272 e. The number of amides is 1. The molecule has 24 heavy (non-hydrogen) atoms. The van der Waals surface area contributed by atoms with Gasteiger partial charge < -0.3 is 10.6 Å². The molecule has 1 atom stereocenters. The van der Waals surface area contributed by atoms with Crippen molar-refractivity contribution in [3.05, 3.63) is 52.3 Å². The Labute approximate surface area is 144 Å². The molecule has 1 amide bonds. The monoisotopic (exact) mass is 356 g/mol. The third-order valence-electron chi connectivity index (χ3n) is 4.07. The molecule has 8 heteroatoms.